The quantitative estimate of drug-likeness (QED) is 0.137. The van der Waals surface area contributed by atoms with E-state index in [2.05, 4.69) is 29.8 Å². The zero-order chi connectivity index (χ0) is 22.7. The molecule has 12 nitrogen and oxygen atoms in total. The summed E-state index contributed by atoms with van der Waals surface area (Å²) in [5.41, 5.74) is 6.97. The molecule has 0 saturated heterocycles. The summed E-state index contributed by atoms with van der Waals surface area (Å²) in [5.74, 6) is -1.06. The minimum atomic E-state index is -0.976. The van der Waals surface area contributed by atoms with Crippen LogP contribution in [0.2, 0.25) is 0 Å². The van der Waals surface area contributed by atoms with E-state index in [1.165, 1.54) is 12.1 Å². The van der Waals surface area contributed by atoms with E-state index in [1.54, 1.807) is 36.4 Å². The summed E-state index contributed by atoms with van der Waals surface area (Å²) in [6.07, 6.45) is -0.676. The van der Waals surface area contributed by atoms with Crippen LogP contribution >= 0.6 is 9.39 Å². The van der Waals surface area contributed by atoms with Crippen LogP contribution in [-0.2, 0) is 0 Å². The summed E-state index contributed by atoms with van der Waals surface area (Å²) in [6.45, 7) is 0.205. The highest BCUT2D eigenvalue weighted by molar-refractivity contribution is 7.15. The number of carbonyl (C=O) groups excluding carboxylic acids is 3. The summed E-state index contributed by atoms with van der Waals surface area (Å²) in [7, 11) is 2.22. The maximum atomic E-state index is 13.1. The van der Waals surface area contributed by atoms with E-state index in [9.17, 15) is 14.4 Å². The summed E-state index contributed by atoms with van der Waals surface area (Å²) in [5, 5.41) is 12.0. The number of fused-ring (bicyclic) bond motifs is 2. The maximum absolute atomic E-state index is 13.1. The van der Waals surface area contributed by atoms with Crippen LogP contribution in [0.25, 0.3) is 11.0 Å². The molecule has 2 heterocycles. The van der Waals surface area contributed by atoms with Crippen molar-refractivity contribution in [3.8, 4) is 0 Å². The molecule has 13 heteroatoms. The van der Waals surface area contributed by atoms with Gasteiger partial charge in [0, 0.05) is 13.1 Å². The van der Waals surface area contributed by atoms with E-state index in [-0.39, 0.29) is 30.2 Å². The van der Waals surface area contributed by atoms with Gasteiger partial charge in [-0.05, 0) is 45.3 Å². The normalized spacial score (nSPS) is 13.4. The Bertz CT molecular complexity index is 1190. The van der Waals surface area contributed by atoms with Gasteiger partial charge < -0.3 is 10.8 Å². The fourth-order valence-electron chi connectivity index (χ4n) is 3.17. The zero-order valence-corrected chi connectivity index (χ0v) is 17.9. The lowest BCUT2D eigenvalue weighted by Gasteiger charge is -2.28. The topological polar surface area (TPSA) is 148 Å². The molecule has 0 radical (unpaired) electrons. The Labute approximate surface area is 184 Å². The smallest absolute Gasteiger partial charge is 0.370 e. The molecule has 3 amide bonds. The van der Waals surface area contributed by atoms with Gasteiger partial charge in [0.15, 0.2) is 5.96 Å². The van der Waals surface area contributed by atoms with Crippen LogP contribution < -0.4 is 15.7 Å². The molecule has 0 bridgehead atoms. The van der Waals surface area contributed by atoms with Gasteiger partial charge in [0.25, 0.3) is 11.8 Å². The van der Waals surface area contributed by atoms with E-state index in [0.717, 1.165) is 14.9 Å². The molecule has 1 aliphatic rings. The molecule has 4 rings (SSSR count). The van der Waals surface area contributed by atoms with Gasteiger partial charge in [-0.1, -0.05) is 29.1 Å². The van der Waals surface area contributed by atoms with E-state index in [4.69, 9.17) is 10.6 Å². The fraction of sp³-hybridized carbons (Fsp3) is 0.158. The first-order valence-electron chi connectivity index (χ1n) is 9.56. The number of hydrogen-bond donors (Lipinski definition) is 2. The Balaban J connectivity index is 1.59. The number of benzene rings is 2. The average Bonchev–Trinajstić information content (AvgIpc) is 3.33. The van der Waals surface area contributed by atoms with Crippen molar-refractivity contribution in [2.75, 3.05) is 13.1 Å². The molecule has 1 atom stereocenters. The first kappa shape index (κ1) is 21.2. The lowest BCUT2D eigenvalue weighted by atomic mass is 10.1. The van der Waals surface area contributed by atoms with Gasteiger partial charge in [-0.2, -0.15) is 5.01 Å². The number of nitrogens with zero attached hydrogens (tertiary/aromatic N) is 6. The van der Waals surface area contributed by atoms with E-state index < -0.39 is 17.9 Å². The highest BCUT2D eigenvalue weighted by Gasteiger charge is 2.42. The summed E-state index contributed by atoms with van der Waals surface area (Å²) in [6, 6.07) is 13.2. The van der Waals surface area contributed by atoms with Gasteiger partial charge >= 0.3 is 6.09 Å². The van der Waals surface area contributed by atoms with Crippen LogP contribution in [0, 0.1) is 0 Å². The Morgan fingerprint density at radius 1 is 1.12 bits per heavy atom. The van der Waals surface area contributed by atoms with E-state index >= 15 is 0 Å². The molecular weight excluding hydrogens is 435 g/mol. The molecule has 3 aromatic rings. The molecule has 1 aliphatic heterocycles. The van der Waals surface area contributed by atoms with Gasteiger partial charge in [-0.25, -0.2) is 9.80 Å². The number of carbonyl (C=O) groups is 3. The minimum Gasteiger partial charge on any atom is -0.370 e. The molecule has 0 fully saturated rings. The Morgan fingerprint density at radius 3 is 2.47 bits per heavy atom. The summed E-state index contributed by atoms with van der Waals surface area (Å²) >= 11 is 0. The first-order chi connectivity index (χ1) is 15.5. The van der Waals surface area contributed by atoms with E-state index in [1.807, 2.05) is 0 Å². The number of nitrogens with two attached hydrogens (primary N) is 1. The number of imide groups is 1. The van der Waals surface area contributed by atoms with Crippen molar-refractivity contribution in [1.29, 1.82) is 0 Å². The number of amides is 3. The van der Waals surface area contributed by atoms with Gasteiger partial charge in [-0.3, -0.25) is 19.4 Å². The van der Waals surface area contributed by atoms with Crippen molar-refractivity contribution in [3.05, 3.63) is 59.7 Å². The molecule has 32 heavy (non-hydrogen) atoms. The Morgan fingerprint density at radius 2 is 1.78 bits per heavy atom. The first-order valence-corrected chi connectivity index (χ1v) is 10.1. The zero-order valence-electron chi connectivity index (χ0n) is 16.7. The predicted molar refractivity (Wildman–Crippen MR) is 117 cm³/mol. The standard InChI is InChI=1S/C19H19N8O4P/c20-18(23-32)21-10-5-11-25(26-16(28)12-6-1-2-7-13(12)17(26)29)19(30)31-27-15-9-4-3-8-14(15)22-24-27/h1-4,6-9H,5,10-11,32H2,(H3,20,21,23). The highest BCUT2D eigenvalue weighted by Crippen LogP contribution is 2.24. The number of nitrogens with one attached hydrogen (secondary N) is 1. The van der Waals surface area contributed by atoms with Crippen LogP contribution in [0.1, 0.15) is 27.1 Å². The maximum Gasteiger partial charge on any atom is 0.455 e. The van der Waals surface area contributed by atoms with Crippen LogP contribution in [0.15, 0.2) is 53.5 Å². The van der Waals surface area contributed by atoms with Crippen molar-refractivity contribution in [2.24, 2.45) is 10.7 Å². The number of hydrogen-bond acceptors (Lipinski definition) is 7. The predicted octanol–water partition coefficient (Wildman–Crippen LogP) is 0.578. The molecule has 1 unspecified atom stereocenters. The fourth-order valence-corrected chi connectivity index (χ4v) is 3.26. The van der Waals surface area contributed by atoms with E-state index in [0.29, 0.717) is 17.5 Å². The molecule has 1 aromatic heterocycles. The van der Waals surface area contributed by atoms with Crippen LogP contribution in [-0.4, -0.2) is 62.1 Å². The third-order valence-electron chi connectivity index (χ3n) is 4.67. The average molecular weight is 454 g/mol. The second-order valence-corrected chi connectivity index (χ2v) is 6.95. The van der Waals surface area contributed by atoms with Crippen molar-refractivity contribution in [1.82, 2.24) is 30.3 Å². The van der Waals surface area contributed by atoms with Crippen LogP contribution in [0.5, 0.6) is 0 Å². The van der Waals surface area contributed by atoms with Crippen molar-refractivity contribution < 1.29 is 19.2 Å². The number of aliphatic imine (C=N–C) groups is 1. The lowest BCUT2D eigenvalue weighted by molar-refractivity contribution is -0.00723. The number of rotatable bonds is 6. The summed E-state index contributed by atoms with van der Waals surface area (Å²) in [4.78, 5) is 49.2. The van der Waals surface area contributed by atoms with Gasteiger partial charge in [0.2, 0.25) is 0 Å². The number of aromatic nitrogens is 3. The lowest BCUT2D eigenvalue weighted by Crippen LogP contribution is -2.52. The highest BCUT2D eigenvalue weighted by atomic mass is 31.0. The monoisotopic (exact) mass is 454 g/mol. The number of para-hydroxylation sites is 1. The van der Waals surface area contributed by atoms with Crippen LogP contribution in [0.3, 0.4) is 0 Å². The van der Waals surface area contributed by atoms with Crippen molar-refractivity contribution in [2.45, 2.75) is 6.42 Å². The third kappa shape index (κ3) is 3.95. The molecule has 0 spiro atoms. The van der Waals surface area contributed by atoms with Gasteiger partial charge in [0.1, 0.15) is 11.0 Å². The molecular formula is C19H19N8O4P. The van der Waals surface area contributed by atoms with Gasteiger partial charge in [0.05, 0.1) is 11.1 Å². The molecule has 2 aromatic carbocycles. The summed E-state index contributed by atoms with van der Waals surface area (Å²) < 4.78 is 0. The minimum absolute atomic E-state index is 0.0371. The number of guanidine groups is 1. The Hall–Kier alpha value is -4.05. The van der Waals surface area contributed by atoms with Crippen molar-refractivity contribution >= 4 is 44.3 Å². The largest absolute Gasteiger partial charge is 0.455 e. The molecule has 0 saturated carbocycles. The molecule has 3 N–H and O–H groups in total. The van der Waals surface area contributed by atoms with Crippen molar-refractivity contribution in [3.63, 3.8) is 0 Å². The second-order valence-electron chi connectivity index (χ2n) is 6.66. The number of hydrazine groups is 1. The third-order valence-corrected chi connectivity index (χ3v) is 4.96. The van der Waals surface area contributed by atoms with Gasteiger partial charge in [-0.15, -0.1) is 5.10 Å². The SMILES string of the molecule is NC(=NCCCN(C(=O)On1nnc2ccccc21)N1C(=O)c2ccccc2C1=O)NP. The van der Waals surface area contributed by atoms with Crippen LogP contribution in [0.4, 0.5) is 4.79 Å². The Kier molecular flexibility index (Phi) is 5.95. The molecule has 0 aliphatic carbocycles. The molecule has 164 valence electrons. The second kappa shape index (κ2) is 8.98.